The Labute approximate surface area is 100 Å². The fourth-order valence-electron chi connectivity index (χ4n) is 0. The van der Waals surface area contributed by atoms with Gasteiger partial charge in [-0.2, -0.15) is 0 Å². The van der Waals surface area contributed by atoms with Gasteiger partial charge in [-0.15, -0.1) is 0 Å². The van der Waals surface area contributed by atoms with E-state index in [4.69, 9.17) is 29.2 Å². The zero-order valence-electron chi connectivity index (χ0n) is 5.10. The molecule has 0 aromatic carbocycles. The topological polar surface area (TPSA) is 124 Å². The fraction of sp³-hybridized carbons (Fsp3) is 0. The molecule has 0 rings (SSSR count). The molecule has 0 aliphatic rings. The van der Waals surface area contributed by atoms with Crippen molar-refractivity contribution in [2.45, 2.75) is 0 Å². The van der Waals surface area contributed by atoms with Crippen molar-refractivity contribution in [2.24, 2.45) is 0 Å². The van der Waals surface area contributed by atoms with Gasteiger partial charge in [-0.05, 0) is 0 Å². The maximum absolute atomic E-state index is 10.1. The molecule has 0 saturated carbocycles. The Balaban J connectivity index is -0.0000000910. The van der Waals surface area contributed by atoms with Crippen LogP contribution in [0.15, 0.2) is 0 Å². The van der Waals surface area contributed by atoms with Crippen LogP contribution in [0.1, 0.15) is 0 Å². The summed E-state index contributed by atoms with van der Waals surface area (Å²) in [6.45, 7) is 0. The first-order valence-corrected chi connectivity index (χ1v) is 3.36. The van der Waals surface area contributed by atoms with E-state index in [2.05, 4.69) is 0 Å². The molecule has 6 nitrogen and oxygen atoms in total. The molecule has 10 heavy (non-hydrogen) atoms. The van der Waals surface area contributed by atoms with Gasteiger partial charge in [0.15, 0.2) is 0 Å². The second kappa shape index (κ2) is 8.70. The van der Waals surface area contributed by atoms with E-state index in [0.717, 1.165) is 0 Å². The Kier molecular flexibility index (Phi) is 15.3. The molecule has 0 amide bonds. The first kappa shape index (κ1) is 17.6. The first-order chi connectivity index (χ1) is 3.73. The summed E-state index contributed by atoms with van der Waals surface area (Å²) in [6, 6.07) is 0. The van der Waals surface area contributed by atoms with Crippen molar-refractivity contribution >= 4 is 16.4 Å². The van der Waals surface area contributed by atoms with Gasteiger partial charge in [-0.1, -0.05) is 0 Å². The van der Waals surface area contributed by atoms with Gasteiger partial charge >= 0.3 is 67.8 Å². The summed E-state index contributed by atoms with van der Waals surface area (Å²) in [4.78, 5) is 30.6. The Hall–Kier alpha value is 1.61. The Morgan fingerprint density at radius 2 is 1.20 bits per heavy atom. The van der Waals surface area contributed by atoms with Gasteiger partial charge in [0.25, 0.3) is 0 Å². The van der Waals surface area contributed by atoms with Crippen molar-refractivity contribution < 1.29 is 84.9 Å². The van der Waals surface area contributed by atoms with Crippen molar-refractivity contribution in [3.05, 3.63) is 0 Å². The molecule has 0 aromatic rings. The van der Waals surface area contributed by atoms with Crippen LogP contribution in [0.25, 0.3) is 0 Å². The van der Waals surface area contributed by atoms with E-state index in [9.17, 15) is 4.32 Å². The van der Waals surface area contributed by atoms with Crippen LogP contribution in [0, 0.1) is 0 Å². The van der Waals surface area contributed by atoms with E-state index in [1.54, 1.807) is 0 Å². The quantitative estimate of drug-likeness (QED) is 0.246. The average Bonchev–Trinajstić information content (AvgIpc) is 1.19. The summed E-state index contributed by atoms with van der Waals surface area (Å²) in [5, 5.41) is 13.9. The van der Waals surface area contributed by atoms with E-state index in [-0.39, 0.29) is 51.4 Å². The number of hydrogen-bond donors (Lipinski definition) is 5. The molecule has 0 atom stereocenters. The average molecular weight is 198 g/mol. The van der Waals surface area contributed by atoms with Crippen molar-refractivity contribution in [1.29, 1.82) is 0 Å². The number of rotatable bonds is 0. The predicted molar refractivity (Wildman–Crippen MR) is 23.7 cm³/mol. The smallest absolute Gasteiger partial charge is 0.794 e. The van der Waals surface area contributed by atoms with Crippen molar-refractivity contribution in [3.8, 4) is 0 Å². The Morgan fingerprint density at radius 3 is 1.20 bits per heavy atom. The monoisotopic (exact) mass is 198 g/mol. The molecule has 0 aliphatic heterocycles. The van der Waals surface area contributed by atoms with Crippen LogP contribution >= 0.6 is 0 Å². The Morgan fingerprint density at radius 1 is 1.20 bits per heavy atom. The summed E-state index contributed by atoms with van der Waals surface area (Å²) >= 11 is 0. The molecule has 0 saturated heterocycles. The third kappa shape index (κ3) is 275. The summed E-state index contributed by atoms with van der Waals surface area (Å²) in [5.41, 5.74) is 0. The summed E-state index contributed by atoms with van der Waals surface area (Å²) in [5.74, 6) is 0. The standard InChI is InChI=1S/BFH2O2.K.H3O4Si/c2-1(3)4;;1-5(2,3)4/h3-4H;;1-3H/q;+1;-1. The van der Waals surface area contributed by atoms with E-state index in [0.29, 0.717) is 0 Å². The summed E-state index contributed by atoms with van der Waals surface area (Å²) in [6.07, 6.45) is 0. The Bertz CT molecular complexity index is 54.5. The third-order valence-electron chi connectivity index (χ3n) is 0. The largest absolute Gasteiger partial charge is 1.00 e. The fourth-order valence-corrected chi connectivity index (χ4v) is 0. The number of halogens is 1. The molecule has 0 unspecified atom stereocenters. The van der Waals surface area contributed by atoms with E-state index >= 15 is 0 Å². The van der Waals surface area contributed by atoms with E-state index in [1.165, 1.54) is 0 Å². The molecule has 0 fully saturated rings. The summed E-state index contributed by atoms with van der Waals surface area (Å²) in [7, 11) is -7.53. The van der Waals surface area contributed by atoms with Crippen molar-refractivity contribution in [3.63, 3.8) is 0 Å². The van der Waals surface area contributed by atoms with E-state index in [1.807, 2.05) is 0 Å². The van der Waals surface area contributed by atoms with Crippen molar-refractivity contribution in [2.75, 3.05) is 0 Å². The van der Waals surface area contributed by atoms with Gasteiger partial charge in [0.05, 0.1) is 0 Å². The molecule has 10 heteroatoms. The maximum atomic E-state index is 10.1. The van der Waals surface area contributed by atoms with Gasteiger partial charge in [0, 0.05) is 0 Å². The van der Waals surface area contributed by atoms with Crippen LogP contribution in [0.2, 0.25) is 0 Å². The van der Waals surface area contributed by atoms with Gasteiger partial charge in [-0.25, -0.2) is 0 Å². The summed E-state index contributed by atoms with van der Waals surface area (Å²) < 4.78 is 10.1. The van der Waals surface area contributed by atoms with Crippen LogP contribution in [-0.2, 0) is 0 Å². The van der Waals surface area contributed by atoms with Gasteiger partial charge < -0.3 is 29.2 Å². The molecule has 0 aromatic heterocycles. The van der Waals surface area contributed by atoms with Crippen molar-refractivity contribution in [1.82, 2.24) is 0 Å². The van der Waals surface area contributed by atoms with Crippen LogP contribution in [0.4, 0.5) is 4.32 Å². The molecule has 0 bridgehead atoms. The molecule has 5 N–H and O–H groups in total. The minimum atomic E-state index is -4.86. The van der Waals surface area contributed by atoms with E-state index < -0.39 is 16.4 Å². The molecular formula is H5BFKO6Si. The third-order valence-corrected chi connectivity index (χ3v) is 0. The predicted octanol–water partition coefficient (Wildman–Crippen LogP) is -7.31. The zero-order valence-corrected chi connectivity index (χ0v) is 9.22. The molecule has 0 aliphatic carbocycles. The van der Waals surface area contributed by atoms with Crippen LogP contribution in [0.3, 0.4) is 0 Å². The number of hydrogen-bond acceptors (Lipinski definition) is 6. The van der Waals surface area contributed by atoms with Gasteiger partial charge in [-0.3, -0.25) is 4.32 Å². The normalized spacial score (nSPS) is 8.70. The minimum absolute atomic E-state index is 0. The van der Waals surface area contributed by atoms with Crippen LogP contribution in [0.5, 0.6) is 0 Å². The molecule has 56 valence electrons. The molecule has 0 radical (unpaired) electrons. The first-order valence-electron chi connectivity index (χ1n) is 1.61. The molecule has 0 spiro atoms. The minimum Gasteiger partial charge on any atom is -0.794 e. The van der Waals surface area contributed by atoms with Crippen LogP contribution in [-0.4, -0.2) is 40.9 Å². The molecule has 0 heterocycles. The van der Waals surface area contributed by atoms with Gasteiger partial charge in [0.2, 0.25) is 0 Å². The molecular weight excluding hydrogens is 193 g/mol. The second-order valence-corrected chi connectivity index (χ2v) is 2.03. The zero-order chi connectivity index (χ0) is 8.08. The second-order valence-electron chi connectivity index (χ2n) is 0.885. The van der Waals surface area contributed by atoms with Gasteiger partial charge in [0.1, 0.15) is 0 Å². The SMILES string of the molecule is OB(O)F.[K+].[O-][Si](O)(O)O. The maximum Gasteiger partial charge on any atom is 1.00 e. The van der Waals surface area contributed by atoms with Crippen LogP contribution < -0.4 is 56.2 Å².